The van der Waals surface area contributed by atoms with E-state index in [2.05, 4.69) is 11.0 Å². The number of nitrogens with zero attached hydrogens (tertiary/aromatic N) is 2. The van der Waals surface area contributed by atoms with Crippen molar-refractivity contribution in [3.05, 3.63) is 70.4 Å². The first-order valence-electron chi connectivity index (χ1n) is 8.92. The van der Waals surface area contributed by atoms with Crippen molar-refractivity contribution >= 4 is 28.0 Å². The number of carbonyl (C=O) groups is 1. The Balaban J connectivity index is 1.37. The summed E-state index contributed by atoms with van der Waals surface area (Å²) in [6.07, 6.45) is -0.447. The quantitative estimate of drug-likeness (QED) is 0.770. The average molecular weight is 366 g/mol. The lowest BCUT2D eigenvalue weighted by Gasteiger charge is -2.35. The molecule has 3 aromatic rings. The van der Waals surface area contributed by atoms with Crippen molar-refractivity contribution in [2.24, 2.45) is 0 Å². The lowest BCUT2D eigenvalue weighted by Crippen LogP contribution is -2.49. The van der Waals surface area contributed by atoms with Gasteiger partial charge in [0.25, 0.3) is 5.91 Å². The SMILES string of the molecule is O=C(c1ccc2ccccc2c1)N1CCN(CC(O)c2cccs2)CC1. The first-order chi connectivity index (χ1) is 12.7. The fourth-order valence-electron chi connectivity index (χ4n) is 3.45. The van der Waals surface area contributed by atoms with Gasteiger partial charge in [0.2, 0.25) is 0 Å². The minimum Gasteiger partial charge on any atom is -0.386 e. The van der Waals surface area contributed by atoms with Gasteiger partial charge >= 0.3 is 0 Å². The highest BCUT2D eigenvalue weighted by Gasteiger charge is 2.24. The predicted molar refractivity (Wildman–Crippen MR) is 106 cm³/mol. The van der Waals surface area contributed by atoms with Crippen molar-refractivity contribution in [1.29, 1.82) is 0 Å². The van der Waals surface area contributed by atoms with Crippen LogP contribution in [-0.2, 0) is 0 Å². The summed E-state index contributed by atoms with van der Waals surface area (Å²) in [4.78, 5) is 18.0. The van der Waals surface area contributed by atoms with Crippen LogP contribution in [-0.4, -0.2) is 53.5 Å². The third-order valence-corrected chi connectivity index (χ3v) is 5.93. The summed E-state index contributed by atoms with van der Waals surface area (Å²) in [5.41, 5.74) is 0.746. The Morgan fingerprint density at radius 2 is 1.77 bits per heavy atom. The van der Waals surface area contributed by atoms with Crippen molar-refractivity contribution in [2.75, 3.05) is 32.7 Å². The molecule has 1 aliphatic rings. The summed E-state index contributed by atoms with van der Waals surface area (Å²) in [7, 11) is 0. The zero-order valence-corrected chi connectivity index (χ0v) is 15.4. The van der Waals surface area contributed by atoms with Gasteiger partial charge in [0.1, 0.15) is 6.10 Å². The molecule has 0 bridgehead atoms. The van der Waals surface area contributed by atoms with Crippen LogP contribution in [0.3, 0.4) is 0 Å². The summed E-state index contributed by atoms with van der Waals surface area (Å²) in [6.45, 7) is 3.60. The van der Waals surface area contributed by atoms with Crippen LogP contribution in [0.2, 0.25) is 0 Å². The number of rotatable bonds is 4. The molecule has 5 heteroatoms. The molecule has 26 heavy (non-hydrogen) atoms. The maximum atomic E-state index is 12.8. The third kappa shape index (κ3) is 3.65. The molecule has 1 N–H and O–H groups in total. The lowest BCUT2D eigenvalue weighted by atomic mass is 10.1. The van der Waals surface area contributed by atoms with Crippen LogP contribution in [0.5, 0.6) is 0 Å². The second-order valence-corrected chi connectivity index (χ2v) is 7.67. The Hall–Kier alpha value is -2.21. The predicted octanol–water partition coefficient (Wildman–Crippen LogP) is 3.39. The summed E-state index contributed by atoms with van der Waals surface area (Å²) in [6, 6.07) is 17.9. The molecule has 2 aromatic carbocycles. The van der Waals surface area contributed by atoms with E-state index >= 15 is 0 Å². The Bertz CT molecular complexity index is 886. The van der Waals surface area contributed by atoms with E-state index in [-0.39, 0.29) is 5.91 Å². The van der Waals surface area contributed by atoms with Crippen molar-refractivity contribution in [3.8, 4) is 0 Å². The van der Waals surface area contributed by atoms with Crippen LogP contribution in [0.4, 0.5) is 0 Å². The van der Waals surface area contributed by atoms with Crippen LogP contribution < -0.4 is 0 Å². The van der Waals surface area contributed by atoms with Gasteiger partial charge in [0, 0.05) is 43.2 Å². The number of carbonyl (C=O) groups excluding carboxylic acids is 1. The van der Waals surface area contributed by atoms with Gasteiger partial charge < -0.3 is 10.0 Å². The minimum absolute atomic E-state index is 0.0919. The van der Waals surface area contributed by atoms with Gasteiger partial charge in [0.05, 0.1) is 0 Å². The van der Waals surface area contributed by atoms with Gasteiger partial charge in [-0.1, -0.05) is 36.4 Å². The summed E-state index contributed by atoms with van der Waals surface area (Å²) >= 11 is 1.58. The number of benzene rings is 2. The molecule has 1 unspecified atom stereocenters. The second-order valence-electron chi connectivity index (χ2n) is 6.69. The van der Waals surface area contributed by atoms with Gasteiger partial charge in [-0.25, -0.2) is 0 Å². The number of β-amino-alcohol motifs (C(OH)–C–C–N with tert-alkyl or cyclic N) is 1. The average Bonchev–Trinajstić information content (AvgIpc) is 3.23. The molecule has 0 radical (unpaired) electrons. The van der Waals surface area contributed by atoms with E-state index in [0.717, 1.165) is 34.3 Å². The van der Waals surface area contributed by atoms with E-state index < -0.39 is 6.10 Å². The van der Waals surface area contributed by atoms with Crippen LogP contribution in [0.1, 0.15) is 21.3 Å². The van der Waals surface area contributed by atoms with Gasteiger partial charge in [-0.2, -0.15) is 0 Å². The normalized spacial score (nSPS) is 16.7. The molecule has 1 saturated heterocycles. The van der Waals surface area contributed by atoms with E-state index in [9.17, 15) is 9.90 Å². The number of fused-ring (bicyclic) bond motifs is 1. The zero-order chi connectivity index (χ0) is 17.9. The molecule has 4 rings (SSSR count). The molecule has 0 aliphatic carbocycles. The van der Waals surface area contributed by atoms with E-state index in [0.29, 0.717) is 19.6 Å². The molecule has 2 heterocycles. The highest BCUT2D eigenvalue weighted by atomic mass is 32.1. The monoisotopic (exact) mass is 366 g/mol. The Morgan fingerprint density at radius 3 is 2.50 bits per heavy atom. The molecule has 1 amide bonds. The van der Waals surface area contributed by atoms with E-state index in [1.54, 1.807) is 11.3 Å². The highest BCUT2D eigenvalue weighted by molar-refractivity contribution is 7.10. The maximum Gasteiger partial charge on any atom is 0.253 e. The molecular weight excluding hydrogens is 344 g/mol. The second kappa shape index (κ2) is 7.58. The molecule has 0 saturated carbocycles. The van der Waals surface area contributed by atoms with Crippen molar-refractivity contribution in [3.63, 3.8) is 0 Å². The van der Waals surface area contributed by atoms with Gasteiger partial charge in [-0.15, -0.1) is 11.3 Å². The van der Waals surface area contributed by atoms with Crippen LogP contribution in [0.15, 0.2) is 60.0 Å². The van der Waals surface area contributed by atoms with Crippen LogP contribution in [0.25, 0.3) is 10.8 Å². The molecule has 1 aliphatic heterocycles. The van der Waals surface area contributed by atoms with Crippen molar-refractivity contribution in [2.45, 2.75) is 6.10 Å². The Kier molecular flexibility index (Phi) is 5.02. The number of piperazine rings is 1. The number of hydrogen-bond acceptors (Lipinski definition) is 4. The summed E-state index contributed by atoms with van der Waals surface area (Å²) in [5, 5.41) is 14.5. The van der Waals surface area contributed by atoms with E-state index in [4.69, 9.17) is 0 Å². The standard InChI is InChI=1S/C21H22N2O2S/c24-19(20-6-3-13-26-20)15-22-9-11-23(12-10-22)21(25)18-8-7-16-4-1-2-5-17(16)14-18/h1-8,13-14,19,24H,9-12,15H2. The van der Waals surface area contributed by atoms with E-state index in [1.807, 2.05) is 58.8 Å². The maximum absolute atomic E-state index is 12.8. The fraction of sp³-hybridized carbons (Fsp3) is 0.286. The van der Waals surface area contributed by atoms with Crippen LogP contribution in [0, 0.1) is 0 Å². The number of hydrogen-bond donors (Lipinski definition) is 1. The Morgan fingerprint density at radius 1 is 1.00 bits per heavy atom. The topological polar surface area (TPSA) is 43.8 Å². The lowest BCUT2D eigenvalue weighted by molar-refractivity contribution is 0.0533. The van der Waals surface area contributed by atoms with Gasteiger partial charge in [0.15, 0.2) is 0 Å². The zero-order valence-electron chi connectivity index (χ0n) is 14.5. The number of amides is 1. The molecule has 4 nitrogen and oxygen atoms in total. The first kappa shape index (κ1) is 17.2. The largest absolute Gasteiger partial charge is 0.386 e. The number of aliphatic hydroxyl groups is 1. The Labute approximate surface area is 157 Å². The van der Waals surface area contributed by atoms with Gasteiger partial charge in [-0.05, 0) is 34.4 Å². The minimum atomic E-state index is -0.447. The van der Waals surface area contributed by atoms with Crippen molar-refractivity contribution < 1.29 is 9.90 Å². The first-order valence-corrected chi connectivity index (χ1v) is 9.80. The molecule has 1 atom stereocenters. The molecular formula is C21H22N2O2S. The van der Waals surface area contributed by atoms with E-state index in [1.165, 1.54) is 0 Å². The molecule has 1 aromatic heterocycles. The smallest absolute Gasteiger partial charge is 0.253 e. The number of aliphatic hydroxyl groups excluding tert-OH is 1. The molecule has 134 valence electrons. The highest BCUT2D eigenvalue weighted by Crippen LogP contribution is 2.21. The fourth-order valence-corrected chi connectivity index (χ4v) is 4.16. The molecule has 0 spiro atoms. The van der Waals surface area contributed by atoms with Crippen LogP contribution >= 0.6 is 11.3 Å². The third-order valence-electron chi connectivity index (χ3n) is 4.96. The summed E-state index contributed by atoms with van der Waals surface area (Å²) in [5.74, 6) is 0.0919. The van der Waals surface area contributed by atoms with Crippen molar-refractivity contribution in [1.82, 2.24) is 9.80 Å². The molecule has 1 fully saturated rings. The van der Waals surface area contributed by atoms with Gasteiger partial charge in [-0.3, -0.25) is 9.69 Å². The summed E-state index contributed by atoms with van der Waals surface area (Å²) < 4.78 is 0. The number of thiophene rings is 1.